The molecule has 2 aromatic carbocycles. The molecule has 2 rings (SSSR count). The Kier molecular flexibility index (Phi) is 8.69. The number of nitrogens with two attached hydrogens (primary N) is 1. The highest BCUT2D eigenvalue weighted by atomic mass is 127. The van der Waals surface area contributed by atoms with Crippen LogP contribution in [0.2, 0.25) is 0 Å². The third kappa shape index (κ3) is 6.05. The standard InChI is InChI=1S/C19H24BrN3O2.HI/c1-19(2,13-5-7-14(20)8-6-13)12-22-18(21)23-16-11-15(24-3)9-10-17(16)25-4;/h5-11H,12H2,1-4H3,(H3,21,22,23);1H. The van der Waals surface area contributed by atoms with Crippen LogP contribution < -0.4 is 20.5 Å². The normalized spacial score (nSPS) is 11.5. The number of aliphatic imine (C=N–C) groups is 1. The number of anilines is 1. The van der Waals surface area contributed by atoms with Gasteiger partial charge in [0.1, 0.15) is 11.5 Å². The first-order valence-corrected chi connectivity index (χ1v) is 8.70. The summed E-state index contributed by atoms with van der Waals surface area (Å²) in [5.41, 5.74) is 7.84. The number of halogens is 2. The monoisotopic (exact) mass is 533 g/mol. The van der Waals surface area contributed by atoms with E-state index in [2.05, 4.69) is 52.2 Å². The molecule has 0 heterocycles. The van der Waals surface area contributed by atoms with Crippen LogP contribution in [0.4, 0.5) is 5.69 Å². The minimum atomic E-state index is -0.133. The van der Waals surface area contributed by atoms with Gasteiger partial charge in [-0.3, -0.25) is 4.99 Å². The van der Waals surface area contributed by atoms with Crippen LogP contribution in [0.5, 0.6) is 11.5 Å². The van der Waals surface area contributed by atoms with E-state index in [0.29, 0.717) is 29.7 Å². The lowest BCUT2D eigenvalue weighted by molar-refractivity contribution is 0.405. The van der Waals surface area contributed by atoms with Crippen LogP contribution in [0.3, 0.4) is 0 Å². The van der Waals surface area contributed by atoms with Gasteiger partial charge in [-0.05, 0) is 29.8 Å². The van der Waals surface area contributed by atoms with Crippen molar-refractivity contribution in [1.82, 2.24) is 0 Å². The van der Waals surface area contributed by atoms with Crippen molar-refractivity contribution in [2.45, 2.75) is 19.3 Å². The minimum Gasteiger partial charge on any atom is -0.497 e. The van der Waals surface area contributed by atoms with Crippen molar-refractivity contribution in [3.63, 3.8) is 0 Å². The molecule has 0 atom stereocenters. The third-order valence-corrected chi connectivity index (χ3v) is 4.47. The number of methoxy groups -OCH3 is 2. The Morgan fingerprint density at radius 3 is 2.35 bits per heavy atom. The highest BCUT2D eigenvalue weighted by Gasteiger charge is 2.20. The lowest BCUT2D eigenvalue weighted by atomic mass is 9.85. The Labute approximate surface area is 180 Å². The molecule has 0 amide bonds. The Morgan fingerprint density at radius 1 is 1.12 bits per heavy atom. The summed E-state index contributed by atoms with van der Waals surface area (Å²) in [7, 11) is 3.22. The van der Waals surface area contributed by atoms with Gasteiger partial charge < -0.3 is 20.5 Å². The topological polar surface area (TPSA) is 68.9 Å². The van der Waals surface area contributed by atoms with E-state index < -0.39 is 0 Å². The number of benzene rings is 2. The molecule has 0 radical (unpaired) electrons. The van der Waals surface area contributed by atoms with Gasteiger partial charge in [0.25, 0.3) is 0 Å². The van der Waals surface area contributed by atoms with Gasteiger partial charge in [-0.25, -0.2) is 0 Å². The summed E-state index contributed by atoms with van der Waals surface area (Å²) in [6.07, 6.45) is 0. The average molecular weight is 534 g/mol. The molecule has 0 unspecified atom stereocenters. The molecule has 0 bridgehead atoms. The summed E-state index contributed by atoms with van der Waals surface area (Å²) < 4.78 is 11.6. The van der Waals surface area contributed by atoms with Crippen molar-refractivity contribution in [3.8, 4) is 11.5 Å². The molecule has 0 aliphatic carbocycles. The van der Waals surface area contributed by atoms with E-state index in [1.54, 1.807) is 14.2 Å². The van der Waals surface area contributed by atoms with Gasteiger partial charge in [0.2, 0.25) is 0 Å². The third-order valence-electron chi connectivity index (χ3n) is 3.94. The molecule has 0 saturated carbocycles. The first-order valence-electron chi connectivity index (χ1n) is 7.91. The maximum absolute atomic E-state index is 6.07. The van der Waals surface area contributed by atoms with Crippen LogP contribution in [0.25, 0.3) is 0 Å². The summed E-state index contributed by atoms with van der Waals surface area (Å²) in [6.45, 7) is 4.83. The zero-order valence-corrected chi connectivity index (χ0v) is 19.3. The average Bonchev–Trinajstić information content (AvgIpc) is 2.60. The van der Waals surface area contributed by atoms with Crippen LogP contribution in [0, 0.1) is 0 Å². The van der Waals surface area contributed by atoms with Crippen LogP contribution >= 0.6 is 39.9 Å². The number of hydrogen-bond donors (Lipinski definition) is 2. The molecule has 3 N–H and O–H groups in total. The van der Waals surface area contributed by atoms with Crippen molar-refractivity contribution in [2.75, 3.05) is 26.1 Å². The molecular formula is C19H25BrIN3O2. The van der Waals surface area contributed by atoms with E-state index >= 15 is 0 Å². The van der Waals surface area contributed by atoms with Gasteiger partial charge in [0.05, 0.1) is 26.5 Å². The predicted octanol–water partition coefficient (Wildman–Crippen LogP) is 4.79. The van der Waals surface area contributed by atoms with E-state index in [0.717, 1.165) is 4.47 Å². The first-order chi connectivity index (χ1) is 11.9. The summed E-state index contributed by atoms with van der Waals surface area (Å²) in [6, 6.07) is 13.7. The molecule has 0 saturated heterocycles. The van der Waals surface area contributed by atoms with Crippen LogP contribution in [-0.4, -0.2) is 26.7 Å². The molecule has 0 fully saturated rings. The Morgan fingerprint density at radius 2 is 1.77 bits per heavy atom. The van der Waals surface area contributed by atoms with Crippen molar-refractivity contribution in [2.24, 2.45) is 10.7 Å². The lowest BCUT2D eigenvalue weighted by Gasteiger charge is -2.23. The second-order valence-electron chi connectivity index (χ2n) is 6.28. The summed E-state index contributed by atoms with van der Waals surface area (Å²) in [4.78, 5) is 4.50. The van der Waals surface area contributed by atoms with E-state index in [1.165, 1.54) is 5.56 Å². The molecule has 0 aliphatic heterocycles. The van der Waals surface area contributed by atoms with E-state index in [1.807, 2.05) is 30.3 Å². The van der Waals surface area contributed by atoms with Crippen LogP contribution in [0.15, 0.2) is 51.9 Å². The second kappa shape index (κ2) is 10.0. The highest BCUT2D eigenvalue weighted by Crippen LogP contribution is 2.29. The smallest absolute Gasteiger partial charge is 0.193 e. The molecule has 142 valence electrons. The molecule has 0 aromatic heterocycles. The fraction of sp³-hybridized carbons (Fsp3) is 0.316. The van der Waals surface area contributed by atoms with Crippen molar-refractivity contribution in [3.05, 3.63) is 52.5 Å². The lowest BCUT2D eigenvalue weighted by Crippen LogP contribution is -2.28. The molecular weight excluding hydrogens is 509 g/mol. The van der Waals surface area contributed by atoms with Gasteiger partial charge in [0.15, 0.2) is 5.96 Å². The fourth-order valence-electron chi connectivity index (χ4n) is 2.36. The van der Waals surface area contributed by atoms with Gasteiger partial charge in [-0.2, -0.15) is 0 Å². The first kappa shape index (κ1) is 22.6. The van der Waals surface area contributed by atoms with E-state index in [4.69, 9.17) is 15.2 Å². The SMILES string of the molecule is COc1ccc(OC)c(NC(N)=NCC(C)(C)c2ccc(Br)cc2)c1.I. The van der Waals surface area contributed by atoms with Gasteiger partial charge in [-0.1, -0.05) is 41.9 Å². The quantitative estimate of drug-likeness (QED) is 0.318. The number of nitrogens with one attached hydrogen (secondary N) is 1. The Bertz CT molecular complexity index is 749. The fourth-order valence-corrected chi connectivity index (χ4v) is 2.63. The van der Waals surface area contributed by atoms with Gasteiger partial charge >= 0.3 is 0 Å². The summed E-state index contributed by atoms with van der Waals surface area (Å²) in [5, 5.41) is 3.08. The number of rotatable bonds is 6. The van der Waals surface area contributed by atoms with Crippen molar-refractivity contribution >= 4 is 51.6 Å². The molecule has 0 spiro atoms. The number of ether oxygens (including phenoxy) is 2. The number of nitrogens with zero attached hydrogens (tertiary/aromatic N) is 1. The molecule has 2 aromatic rings. The number of guanidine groups is 1. The minimum absolute atomic E-state index is 0. The zero-order chi connectivity index (χ0) is 18.4. The second-order valence-corrected chi connectivity index (χ2v) is 7.20. The largest absolute Gasteiger partial charge is 0.497 e. The molecule has 7 heteroatoms. The highest BCUT2D eigenvalue weighted by molar-refractivity contribution is 14.0. The number of hydrogen-bond acceptors (Lipinski definition) is 3. The maximum Gasteiger partial charge on any atom is 0.193 e. The van der Waals surface area contributed by atoms with E-state index in [9.17, 15) is 0 Å². The Balaban J connectivity index is 0.00000338. The van der Waals surface area contributed by atoms with Crippen molar-refractivity contribution in [1.29, 1.82) is 0 Å². The maximum atomic E-state index is 6.07. The van der Waals surface area contributed by atoms with Crippen LogP contribution in [-0.2, 0) is 5.41 Å². The Hall–Kier alpha value is -1.48. The van der Waals surface area contributed by atoms with Gasteiger partial charge in [0, 0.05) is 16.0 Å². The zero-order valence-electron chi connectivity index (χ0n) is 15.4. The molecule has 5 nitrogen and oxygen atoms in total. The van der Waals surface area contributed by atoms with Crippen molar-refractivity contribution < 1.29 is 9.47 Å². The van der Waals surface area contributed by atoms with E-state index in [-0.39, 0.29) is 29.4 Å². The predicted molar refractivity (Wildman–Crippen MR) is 122 cm³/mol. The molecule has 0 aliphatic rings. The summed E-state index contributed by atoms with van der Waals surface area (Å²) in [5.74, 6) is 1.72. The van der Waals surface area contributed by atoms with Crippen LogP contribution in [0.1, 0.15) is 19.4 Å². The summed E-state index contributed by atoms with van der Waals surface area (Å²) >= 11 is 3.46. The van der Waals surface area contributed by atoms with Gasteiger partial charge in [-0.15, -0.1) is 24.0 Å². The molecule has 26 heavy (non-hydrogen) atoms.